The van der Waals surface area contributed by atoms with Gasteiger partial charge in [0.2, 0.25) is 10.0 Å². The zero-order chi connectivity index (χ0) is 23.7. The van der Waals surface area contributed by atoms with E-state index in [2.05, 4.69) is 29.8 Å². The first-order valence-electron chi connectivity index (χ1n) is 10.8. The molecule has 4 aromatic rings. The molecule has 0 radical (unpaired) electrons. The summed E-state index contributed by atoms with van der Waals surface area (Å²) in [5, 5.41) is 11.2. The van der Waals surface area contributed by atoms with Gasteiger partial charge in [-0.15, -0.1) is 10.2 Å². The van der Waals surface area contributed by atoms with Gasteiger partial charge in [0.15, 0.2) is 5.82 Å². The molecule has 1 aliphatic carbocycles. The Labute approximate surface area is 196 Å². The number of pyridine rings is 1. The summed E-state index contributed by atoms with van der Waals surface area (Å²) in [6, 6.07) is 17.8. The number of rotatable bonds is 7. The minimum absolute atomic E-state index is 0.170. The first-order valence-corrected chi connectivity index (χ1v) is 12.2. The number of anilines is 1. The van der Waals surface area contributed by atoms with Crippen molar-refractivity contribution in [3.8, 4) is 22.5 Å². The summed E-state index contributed by atoms with van der Waals surface area (Å²) in [5.74, 6) is 0.430. The van der Waals surface area contributed by atoms with E-state index in [-0.39, 0.29) is 16.5 Å². The van der Waals surface area contributed by atoms with Gasteiger partial charge in [0.1, 0.15) is 12.0 Å². The van der Waals surface area contributed by atoms with Gasteiger partial charge in [-0.05, 0) is 67.4 Å². The van der Waals surface area contributed by atoms with E-state index in [0.29, 0.717) is 11.7 Å². The highest BCUT2D eigenvalue weighted by atomic mass is 32.2. The summed E-state index contributed by atoms with van der Waals surface area (Å²) in [6.07, 6.45) is 5.54. The first-order chi connectivity index (χ1) is 16.4. The molecule has 2 aromatic heterocycles. The van der Waals surface area contributed by atoms with Gasteiger partial charge in [-0.25, -0.2) is 13.1 Å². The Morgan fingerprint density at radius 1 is 1.00 bits per heavy atom. The van der Waals surface area contributed by atoms with Crippen molar-refractivity contribution in [3.05, 3.63) is 78.9 Å². The van der Waals surface area contributed by atoms with Crippen molar-refractivity contribution in [1.82, 2.24) is 24.5 Å². The van der Waals surface area contributed by atoms with E-state index in [0.717, 1.165) is 35.4 Å². The Morgan fingerprint density at radius 3 is 2.53 bits per heavy atom. The van der Waals surface area contributed by atoms with Gasteiger partial charge in [-0.1, -0.05) is 24.3 Å². The first kappa shape index (κ1) is 21.9. The molecular formula is C24H22N6O3S. The number of carbonyl (C=O) groups is 1. The van der Waals surface area contributed by atoms with Crippen LogP contribution in [0.15, 0.2) is 78.1 Å². The number of hydrogen-bond acceptors (Lipinski definition) is 6. The highest BCUT2D eigenvalue weighted by Crippen LogP contribution is 2.37. The quantitative estimate of drug-likeness (QED) is 0.423. The van der Waals surface area contributed by atoms with Crippen LogP contribution in [0.3, 0.4) is 0 Å². The van der Waals surface area contributed by atoms with E-state index in [1.54, 1.807) is 36.8 Å². The van der Waals surface area contributed by atoms with Crippen molar-refractivity contribution in [2.24, 2.45) is 0 Å². The molecule has 0 bridgehead atoms. The van der Waals surface area contributed by atoms with Crippen molar-refractivity contribution in [1.29, 1.82) is 0 Å². The third-order valence-corrected chi connectivity index (χ3v) is 7.08. The van der Waals surface area contributed by atoms with Crippen LogP contribution in [-0.2, 0) is 10.0 Å². The molecule has 2 N–H and O–H groups in total. The van der Waals surface area contributed by atoms with Gasteiger partial charge in [0.25, 0.3) is 5.91 Å². The van der Waals surface area contributed by atoms with Crippen molar-refractivity contribution in [2.45, 2.75) is 23.8 Å². The van der Waals surface area contributed by atoms with Gasteiger partial charge < -0.3 is 9.88 Å². The van der Waals surface area contributed by atoms with Crippen LogP contribution in [0.25, 0.3) is 22.5 Å². The number of amides is 1. The lowest BCUT2D eigenvalue weighted by atomic mass is 10.1. The molecular weight excluding hydrogens is 452 g/mol. The molecule has 5 rings (SSSR count). The minimum Gasteiger partial charge on any atom is -0.321 e. The molecule has 9 nitrogen and oxygen atoms in total. The normalized spacial score (nSPS) is 13.6. The van der Waals surface area contributed by atoms with Crippen molar-refractivity contribution < 1.29 is 13.2 Å². The average Bonchev–Trinajstić information content (AvgIpc) is 3.60. The Balaban J connectivity index is 1.35. The lowest BCUT2D eigenvalue weighted by Gasteiger charge is -2.09. The number of nitrogens with one attached hydrogen (secondary N) is 2. The standard InChI is InChI=1S/C24H22N6O3S/c1-25-34(32,33)21-9-5-16(6-10-21)17-11-12-26-22(14-17)24(31)28-19-4-2-3-18(13-19)23-29-27-15-30(23)20-7-8-20/h2-6,9-15,20,25H,7-8H2,1H3,(H,28,31). The zero-order valence-corrected chi connectivity index (χ0v) is 19.2. The maximum atomic E-state index is 12.9. The summed E-state index contributed by atoms with van der Waals surface area (Å²) in [7, 11) is -2.15. The molecule has 0 saturated heterocycles. The Hall–Kier alpha value is -3.89. The second-order valence-electron chi connectivity index (χ2n) is 7.99. The second kappa shape index (κ2) is 8.81. The van der Waals surface area contributed by atoms with Crippen LogP contribution in [-0.4, -0.2) is 41.1 Å². The molecule has 0 atom stereocenters. The van der Waals surface area contributed by atoms with Crippen LogP contribution in [0.4, 0.5) is 5.69 Å². The molecule has 1 fully saturated rings. The van der Waals surface area contributed by atoms with E-state index < -0.39 is 10.0 Å². The van der Waals surface area contributed by atoms with Crippen LogP contribution in [0.5, 0.6) is 0 Å². The lowest BCUT2D eigenvalue weighted by molar-refractivity contribution is 0.102. The number of nitrogens with zero attached hydrogens (tertiary/aromatic N) is 4. The van der Waals surface area contributed by atoms with Crippen LogP contribution >= 0.6 is 0 Å². The van der Waals surface area contributed by atoms with Gasteiger partial charge in [-0.3, -0.25) is 9.78 Å². The van der Waals surface area contributed by atoms with Gasteiger partial charge in [0.05, 0.1) is 4.90 Å². The third kappa shape index (κ3) is 4.45. The number of aromatic nitrogens is 4. The van der Waals surface area contributed by atoms with E-state index >= 15 is 0 Å². The fraction of sp³-hybridized carbons (Fsp3) is 0.167. The summed E-state index contributed by atoms with van der Waals surface area (Å²) < 4.78 is 28.2. The largest absolute Gasteiger partial charge is 0.321 e. The summed E-state index contributed by atoms with van der Waals surface area (Å²) in [5.41, 5.74) is 3.27. The zero-order valence-electron chi connectivity index (χ0n) is 18.3. The van der Waals surface area contributed by atoms with Crippen LogP contribution in [0, 0.1) is 0 Å². The van der Waals surface area contributed by atoms with Crippen LogP contribution in [0.2, 0.25) is 0 Å². The average molecular weight is 475 g/mol. The van der Waals surface area contributed by atoms with Crippen molar-refractivity contribution >= 4 is 21.6 Å². The Kier molecular flexibility index (Phi) is 5.68. The Bertz CT molecular complexity index is 1460. The van der Waals surface area contributed by atoms with Gasteiger partial charge in [0, 0.05) is 23.5 Å². The van der Waals surface area contributed by atoms with E-state index in [4.69, 9.17) is 0 Å². The Morgan fingerprint density at radius 2 is 1.79 bits per heavy atom. The maximum absolute atomic E-state index is 12.9. The molecule has 1 saturated carbocycles. The van der Waals surface area contributed by atoms with E-state index in [1.165, 1.54) is 19.2 Å². The predicted octanol–water partition coefficient (Wildman–Crippen LogP) is 3.50. The third-order valence-electron chi connectivity index (χ3n) is 5.65. The second-order valence-corrected chi connectivity index (χ2v) is 9.88. The van der Waals surface area contributed by atoms with E-state index in [1.807, 2.05) is 24.3 Å². The number of benzene rings is 2. The minimum atomic E-state index is -3.51. The SMILES string of the molecule is CNS(=O)(=O)c1ccc(-c2ccnc(C(=O)Nc3cccc(-c4nncn4C4CC4)c3)c2)cc1. The smallest absolute Gasteiger partial charge is 0.274 e. The lowest BCUT2D eigenvalue weighted by Crippen LogP contribution is -2.18. The molecule has 1 amide bonds. The fourth-order valence-corrected chi connectivity index (χ4v) is 4.41. The summed E-state index contributed by atoms with van der Waals surface area (Å²) in [4.78, 5) is 17.3. The molecule has 2 aromatic carbocycles. The monoisotopic (exact) mass is 474 g/mol. The van der Waals surface area contributed by atoms with Gasteiger partial charge >= 0.3 is 0 Å². The molecule has 2 heterocycles. The summed E-state index contributed by atoms with van der Waals surface area (Å²) in [6.45, 7) is 0. The molecule has 172 valence electrons. The molecule has 0 spiro atoms. The van der Waals surface area contributed by atoms with Gasteiger partial charge in [-0.2, -0.15) is 0 Å². The van der Waals surface area contributed by atoms with Crippen LogP contribution in [0.1, 0.15) is 29.4 Å². The number of carbonyl (C=O) groups excluding carboxylic acids is 1. The molecule has 34 heavy (non-hydrogen) atoms. The molecule has 10 heteroatoms. The number of hydrogen-bond donors (Lipinski definition) is 2. The van der Waals surface area contributed by atoms with Crippen molar-refractivity contribution in [3.63, 3.8) is 0 Å². The predicted molar refractivity (Wildman–Crippen MR) is 128 cm³/mol. The highest BCUT2D eigenvalue weighted by molar-refractivity contribution is 7.89. The fourth-order valence-electron chi connectivity index (χ4n) is 3.68. The summed E-state index contributed by atoms with van der Waals surface area (Å²) >= 11 is 0. The van der Waals surface area contributed by atoms with Crippen molar-refractivity contribution in [2.75, 3.05) is 12.4 Å². The molecule has 0 aliphatic heterocycles. The maximum Gasteiger partial charge on any atom is 0.274 e. The molecule has 1 aliphatic rings. The topological polar surface area (TPSA) is 119 Å². The number of sulfonamides is 1. The molecule has 0 unspecified atom stereocenters. The van der Waals surface area contributed by atoms with E-state index in [9.17, 15) is 13.2 Å². The highest BCUT2D eigenvalue weighted by Gasteiger charge is 2.26. The van der Waals surface area contributed by atoms with Crippen LogP contribution < -0.4 is 10.0 Å².